The summed E-state index contributed by atoms with van der Waals surface area (Å²) < 4.78 is 5.45. The van der Waals surface area contributed by atoms with Crippen LogP contribution in [0.2, 0.25) is 0 Å². The summed E-state index contributed by atoms with van der Waals surface area (Å²) in [5.74, 6) is 2.47. The van der Waals surface area contributed by atoms with Crippen molar-refractivity contribution in [3.05, 3.63) is 0 Å². The van der Waals surface area contributed by atoms with Crippen molar-refractivity contribution in [1.82, 2.24) is 4.90 Å². The number of hydrogen-bond acceptors (Lipinski definition) is 3. The van der Waals surface area contributed by atoms with E-state index in [2.05, 4.69) is 25.8 Å². The molecule has 2 rings (SSSR count). The maximum atomic E-state index is 6.38. The number of nitrogens with two attached hydrogens (primary N) is 1. The van der Waals surface area contributed by atoms with Crippen LogP contribution in [-0.4, -0.2) is 43.8 Å². The molecule has 0 aromatic carbocycles. The average Bonchev–Trinajstić information content (AvgIpc) is 2.40. The Hall–Kier alpha value is -0.120. The van der Waals surface area contributed by atoms with E-state index in [1.807, 2.05) is 0 Å². The molecule has 2 aliphatic rings. The van der Waals surface area contributed by atoms with Crippen molar-refractivity contribution >= 4 is 0 Å². The summed E-state index contributed by atoms with van der Waals surface area (Å²) in [4.78, 5) is 2.55. The molecule has 2 fully saturated rings. The minimum Gasteiger partial charge on any atom is -0.381 e. The zero-order valence-corrected chi connectivity index (χ0v) is 13.0. The number of likely N-dealkylation sites (N-methyl/N-ethyl adjacent to an activating group) is 1. The lowest BCUT2D eigenvalue weighted by Gasteiger charge is -2.42. The van der Waals surface area contributed by atoms with Gasteiger partial charge in [-0.25, -0.2) is 0 Å². The molecule has 0 amide bonds. The Labute approximate surface area is 118 Å². The minimum atomic E-state index is 0.375. The number of ether oxygens (including phenoxy) is 1. The second kappa shape index (κ2) is 7.05. The van der Waals surface area contributed by atoms with Gasteiger partial charge in [0.2, 0.25) is 0 Å². The summed E-state index contributed by atoms with van der Waals surface area (Å²) in [5.41, 5.74) is 6.38. The summed E-state index contributed by atoms with van der Waals surface area (Å²) in [6, 6.07) is 0.962. The van der Waals surface area contributed by atoms with Crippen molar-refractivity contribution in [1.29, 1.82) is 0 Å². The molecule has 0 radical (unpaired) electrons. The van der Waals surface area contributed by atoms with Crippen LogP contribution >= 0.6 is 0 Å². The van der Waals surface area contributed by atoms with Crippen LogP contribution in [0, 0.1) is 17.8 Å². The summed E-state index contributed by atoms with van der Waals surface area (Å²) in [6.45, 7) is 7.81. The summed E-state index contributed by atoms with van der Waals surface area (Å²) in [5, 5.41) is 0. The van der Waals surface area contributed by atoms with Crippen molar-refractivity contribution in [2.45, 2.75) is 58.0 Å². The first kappa shape index (κ1) is 15.3. The van der Waals surface area contributed by atoms with Gasteiger partial charge >= 0.3 is 0 Å². The molecule has 1 saturated heterocycles. The number of rotatable bonds is 4. The molecule has 3 nitrogen and oxygen atoms in total. The normalized spacial score (nSPS) is 34.1. The van der Waals surface area contributed by atoms with Gasteiger partial charge in [0.15, 0.2) is 0 Å². The third-order valence-corrected chi connectivity index (χ3v) is 5.31. The summed E-state index contributed by atoms with van der Waals surface area (Å²) >= 11 is 0. The van der Waals surface area contributed by atoms with E-state index in [9.17, 15) is 0 Å². The van der Waals surface area contributed by atoms with Gasteiger partial charge in [0.1, 0.15) is 0 Å². The van der Waals surface area contributed by atoms with Crippen molar-refractivity contribution in [3.63, 3.8) is 0 Å². The second-order valence-electron chi connectivity index (χ2n) is 7.04. The van der Waals surface area contributed by atoms with Gasteiger partial charge in [-0.15, -0.1) is 0 Å². The van der Waals surface area contributed by atoms with E-state index in [-0.39, 0.29) is 0 Å². The molecule has 2 N–H and O–H groups in total. The molecule has 0 bridgehead atoms. The van der Waals surface area contributed by atoms with Gasteiger partial charge in [0.05, 0.1) is 0 Å². The largest absolute Gasteiger partial charge is 0.381 e. The SMILES string of the molecule is CC(C)C1CCC(N)C(N(C)CC2CCOCC2)C1. The van der Waals surface area contributed by atoms with E-state index >= 15 is 0 Å². The third kappa shape index (κ3) is 4.17. The highest BCUT2D eigenvalue weighted by Gasteiger charge is 2.32. The molecule has 3 heteroatoms. The molecule has 0 aromatic rings. The Balaban J connectivity index is 1.86. The van der Waals surface area contributed by atoms with Crippen LogP contribution in [-0.2, 0) is 4.74 Å². The number of hydrogen-bond donors (Lipinski definition) is 1. The second-order valence-corrected chi connectivity index (χ2v) is 7.04. The van der Waals surface area contributed by atoms with Crippen LogP contribution in [0.15, 0.2) is 0 Å². The Morgan fingerprint density at radius 3 is 2.47 bits per heavy atom. The van der Waals surface area contributed by atoms with Gasteiger partial charge in [-0.3, -0.25) is 0 Å². The predicted octanol–water partition coefficient (Wildman–Crippen LogP) is 2.50. The van der Waals surface area contributed by atoms with Gasteiger partial charge in [0.25, 0.3) is 0 Å². The molecule has 19 heavy (non-hydrogen) atoms. The third-order valence-electron chi connectivity index (χ3n) is 5.31. The molecule has 1 saturated carbocycles. The molecule has 0 spiro atoms. The highest BCUT2D eigenvalue weighted by molar-refractivity contribution is 4.89. The van der Waals surface area contributed by atoms with Gasteiger partial charge < -0.3 is 15.4 Å². The number of nitrogens with zero attached hydrogens (tertiary/aromatic N) is 1. The Bertz CT molecular complexity index is 263. The van der Waals surface area contributed by atoms with E-state index in [1.54, 1.807) is 0 Å². The molecule has 3 atom stereocenters. The highest BCUT2D eigenvalue weighted by atomic mass is 16.5. The quantitative estimate of drug-likeness (QED) is 0.851. The fourth-order valence-corrected chi connectivity index (χ4v) is 3.79. The first-order valence-electron chi connectivity index (χ1n) is 8.11. The maximum Gasteiger partial charge on any atom is 0.0469 e. The molecule has 1 aliphatic carbocycles. The van der Waals surface area contributed by atoms with E-state index in [4.69, 9.17) is 10.5 Å². The molecule has 1 heterocycles. The predicted molar refractivity (Wildman–Crippen MR) is 80.1 cm³/mol. The molecule has 0 aromatic heterocycles. The smallest absolute Gasteiger partial charge is 0.0469 e. The lowest BCUT2D eigenvalue weighted by Crippen LogP contribution is -2.51. The van der Waals surface area contributed by atoms with Gasteiger partial charge in [-0.05, 0) is 56.9 Å². The fourth-order valence-electron chi connectivity index (χ4n) is 3.79. The van der Waals surface area contributed by atoms with Crippen LogP contribution in [0.3, 0.4) is 0 Å². The fraction of sp³-hybridized carbons (Fsp3) is 1.00. The van der Waals surface area contributed by atoms with Gasteiger partial charge in [-0.1, -0.05) is 13.8 Å². The standard InChI is InChI=1S/C16H32N2O/c1-12(2)14-4-5-15(17)16(10-14)18(3)11-13-6-8-19-9-7-13/h12-16H,4-11,17H2,1-3H3. The molecule has 112 valence electrons. The summed E-state index contributed by atoms with van der Waals surface area (Å²) in [6.07, 6.45) is 6.25. The molecular formula is C16H32N2O. The zero-order chi connectivity index (χ0) is 13.8. The molecule has 3 unspecified atom stereocenters. The first-order valence-corrected chi connectivity index (χ1v) is 8.11. The van der Waals surface area contributed by atoms with Crippen LogP contribution < -0.4 is 5.73 Å². The highest BCUT2D eigenvalue weighted by Crippen LogP contribution is 2.32. The topological polar surface area (TPSA) is 38.5 Å². The van der Waals surface area contributed by atoms with Crippen LogP contribution in [0.5, 0.6) is 0 Å². The van der Waals surface area contributed by atoms with Crippen molar-refractivity contribution in [2.75, 3.05) is 26.8 Å². The van der Waals surface area contributed by atoms with E-state index in [1.165, 1.54) is 38.6 Å². The Morgan fingerprint density at radius 2 is 1.84 bits per heavy atom. The van der Waals surface area contributed by atoms with E-state index in [0.29, 0.717) is 12.1 Å². The Morgan fingerprint density at radius 1 is 1.16 bits per heavy atom. The van der Waals surface area contributed by atoms with Gasteiger partial charge in [0, 0.05) is 31.8 Å². The molecule has 1 aliphatic heterocycles. The first-order chi connectivity index (χ1) is 9.08. The van der Waals surface area contributed by atoms with E-state index in [0.717, 1.165) is 31.0 Å². The van der Waals surface area contributed by atoms with Crippen molar-refractivity contribution < 1.29 is 4.74 Å². The van der Waals surface area contributed by atoms with Crippen LogP contribution in [0.1, 0.15) is 46.0 Å². The zero-order valence-electron chi connectivity index (χ0n) is 13.0. The van der Waals surface area contributed by atoms with Crippen molar-refractivity contribution in [2.24, 2.45) is 23.5 Å². The lowest BCUT2D eigenvalue weighted by atomic mass is 9.76. The maximum absolute atomic E-state index is 6.38. The van der Waals surface area contributed by atoms with E-state index < -0.39 is 0 Å². The minimum absolute atomic E-state index is 0.375. The monoisotopic (exact) mass is 268 g/mol. The van der Waals surface area contributed by atoms with Crippen molar-refractivity contribution in [3.8, 4) is 0 Å². The average molecular weight is 268 g/mol. The molecular weight excluding hydrogens is 236 g/mol. The lowest BCUT2D eigenvalue weighted by molar-refractivity contribution is 0.0395. The van der Waals surface area contributed by atoms with Crippen LogP contribution in [0.25, 0.3) is 0 Å². The van der Waals surface area contributed by atoms with Gasteiger partial charge in [-0.2, -0.15) is 0 Å². The van der Waals surface area contributed by atoms with Crippen LogP contribution in [0.4, 0.5) is 0 Å². The summed E-state index contributed by atoms with van der Waals surface area (Å²) in [7, 11) is 2.28. The Kier molecular flexibility index (Phi) is 5.67.